The number of fused-ring (bicyclic) bond motifs is 5. The zero-order valence-electron chi connectivity index (χ0n) is 11.1. The minimum Gasteiger partial charge on any atom is -0.312 e. The van der Waals surface area contributed by atoms with Crippen molar-refractivity contribution < 1.29 is 8.42 Å². The molecule has 0 saturated carbocycles. The lowest BCUT2D eigenvalue weighted by Gasteiger charge is -2.11. The lowest BCUT2D eigenvalue weighted by molar-refractivity contribution is 0.624. The SMILES string of the molecule is Cc1nnc2c(=S(=O)=O)ncc3c4c(sc3n12)CNCC4. The van der Waals surface area contributed by atoms with Crippen molar-refractivity contribution in [3.8, 4) is 0 Å². The van der Waals surface area contributed by atoms with Gasteiger partial charge >= 0.3 is 0 Å². The van der Waals surface area contributed by atoms with E-state index in [2.05, 4.69) is 20.5 Å². The quantitative estimate of drug-likeness (QED) is 0.613. The monoisotopic (exact) mass is 321 g/mol. The molecule has 3 aromatic heterocycles. The summed E-state index contributed by atoms with van der Waals surface area (Å²) >= 11 is 1.64. The lowest BCUT2D eigenvalue weighted by Crippen LogP contribution is -2.21. The van der Waals surface area contributed by atoms with Crippen molar-refractivity contribution in [2.24, 2.45) is 0 Å². The van der Waals surface area contributed by atoms with E-state index in [4.69, 9.17) is 0 Å². The molecule has 0 spiro atoms. The first kappa shape index (κ1) is 12.9. The van der Waals surface area contributed by atoms with Gasteiger partial charge < -0.3 is 5.32 Å². The fraction of sp³-hybridized carbons (Fsp3) is 0.333. The van der Waals surface area contributed by atoms with Crippen molar-refractivity contribution in [3.63, 3.8) is 0 Å². The van der Waals surface area contributed by atoms with Crippen LogP contribution >= 0.6 is 11.3 Å². The summed E-state index contributed by atoms with van der Waals surface area (Å²) < 4.78 is 24.5. The molecule has 7 nitrogen and oxygen atoms in total. The lowest BCUT2D eigenvalue weighted by atomic mass is 10.1. The first-order valence-corrected chi connectivity index (χ1v) is 8.34. The molecule has 0 unspecified atom stereocenters. The fourth-order valence-corrected chi connectivity index (χ4v) is 4.44. The standard InChI is InChI=1S/C12H11N5O2S2/c1-6-15-16-10-11(21(18)19)14-4-8-7-2-3-13-5-9(7)20-12(8)17(6)10/h4,13H,2-3,5H2,1H3. The van der Waals surface area contributed by atoms with Crippen LogP contribution in [0.3, 0.4) is 0 Å². The average Bonchev–Trinajstić information content (AvgIpc) is 2.95. The molecule has 0 saturated heterocycles. The van der Waals surface area contributed by atoms with Crippen molar-refractivity contribution in [1.29, 1.82) is 0 Å². The second-order valence-corrected chi connectivity index (χ2v) is 6.79. The molecule has 0 radical (unpaired) electrons. The summed E-state index contributed by atoms with van der Waals surface area (Å²) in [5, 5.41) is 12.3. The summed E-state index contributed by atoms with van der Waals surface area (Å²) in [5.74, 6) is 0.659. The largest absolute Gasteiger partial charge is 0.312 e. The Hall–Kier alpha value is -1.84. The van der Waals surface area contributed by atoms with E-state index in [1.54, 1.807) is 21.9 Å². The summed E-state index contributed by atoms with van der Waals surface area (Å²) in [6, 6.07) is 0. The number of nitrogens with one attached hydrogen (secondary N) is 1. The van der Waals surface area contributed by atoms with Gasteiger partial charge in [0.25, 0.3) is 0 Å². The molecule has 1 aliphatic rings. The molecule has 0 aliphatic carbocycles. The van der Waals surface area contributed by atoms with Crippen molar-refractivity contribution in [3.05, 3.63) is 27.1 Å². The topological polar surface area (TPSA) is 89.2 Å². The number of aromatic nitrogens is 4. The minimum atomic E-state index is -2.45. The van der Waals surface area contributed by atoms with Gasteiger partial charge in [-0.3, -0.25) is 4.40 Å². The number of hydrogen-bond acceptors (Lipinski definition) is 7. The van der Waals surface area contributed by atoms with Crippen LogP contribution in [0.15, 0.2) is 6.20 Å². The highest BCUT2D eigenvalue weighted by Crippen LogP contribution is 2.32. The zero-order chi connectivity index (χ0) is 14.6. The first-order valence-electron chi connectivity index (χ1n) is 6.45. The predicted octanol–water partition coefficient (Wildman–Crippen LogP) is 0.704. The van der Waals surface area contributed by atoms with E-state index in [-0.39, 0.29) is 10.3 Å². The maximum Gasteiger partial charge on any atom is 0.244 e. The summed E-state index contributed by atoms with van der Waals surface area (Å²) in [6.45, 7) is 3.57. The Morgan fingerprint density at radius 1 is 1.38 bits per heavy atom. The van der Waals surface area contributed by atoms with Crippen LogP contribution in [-0.4, -0.2) is 34.5 Å². The Labute approximate surface area is 124 Å². The van der Waals surface area contributed by atoms with Crippen molar-refractivity contribution in [2.45, 2.75) is 19.9 Å². The van der Waals surface area contributed by atoms with E-state index in [9.17, 15) is 8.42 Å². The van der Waals surface area contributed by atoms with E-state index in [1.165, 1.54) is 10.4 Å². The van der Waals surface area contributed by atoms with Gasteiger partial charge in [0.05, 0.1) is 0 Å². The van der Waals surface area contributed by atoms with E-state index in [1.807, 2.05) is 6.92 Å². The highest BCUT2D eigenvalue weighted by atomic mass is 32.2. The molecule has 1 aliphatic heterocycles. The van der Waals surface area contributed by atoms with Gasteiger partial charge in [0, 0.05) is 23.0 Å². The van der Waals surface area contributed by atoms with E-state index < -0.39 is 10.3 Å². The molecular formula is C12H11N5O2S2. The summed E-state index contributed by atoms with van der Waals surface area (Å²) in [6.07, 6.45) is 2.56. The molecule has 0 amide bonds. The third-order valence-electron chi connectivity index (χ3n) is 3.64. The highest BCUT2D eigenvalue weighted by Gasteiger charge is 2.18. The Bertz CT molecular complexity index is 1060. The molecule has 9 heteroatoms. The molecular weight excluding hydrogens is 310 g/mol. The maximum atomic E-state index is 11.4. The van der Waals surface area contributed by atoms with Crippen LogP contribution in [0, 0.1) is 11.6 Å². The maximum absolute atomic E-state index is 11.4. The summed E-state index contributed by atoms with van der Waals surface area (Å²) in [4.78, 5) is 6.36. The van der Waals surface area contributed by atoms with Crippen LogP contribution in [0.4, 0.5) is 0 Å². The molecule has 1 N–H and O–H groups in total. The van der Waals surface area contributed by atoms with Gasteiger partial charge in [-0.2, -0.15) is 8.42 Å². The second kappa shape index (κ2) is 4.58. The molecule has 0 bridgehead atoms. The Balaban J connectivity index is 2.34. The predicted molar refractivity (Wildman–Crippen MR) is 78.5 cm³/mol. The minimum absolute atomic E-state index is 0.0679. The van der Waals surface area contributed by atoms with Crippen LogP contribution in [0.1, 0.15) is 16.3 Å². The van der Waals surface area contributed by atoms with Crippen LogP contribution in [0.25, 0.3) is 15.9 Å². The molecule has 21 heavy (non-hydrogen) atoms. The van der Waals surface area contributed by atoms with Crippen LogP contribution in [-0.2, 0) is 23.3 Å². The first-order chi connectivity index (χ1) is 10.2. The number of thiophene rings is 1. The van der Waals surface area contributed by atoms with Gasteiger partial charge in [0.15, 0.2) is 0 Å². The number of rotatable bonds is 0. The van der Waals surface area contributed by atoms with Crippen molar-refractivity contribution >= 4 is 37.5 Å². The zero-order valence-corrected chi connectivity index (χ0v) is 12.8. The Kier molecular flexibility index (Phi) is 2.81. The van der Waals surface area contributed by atoms with E-state index >= 15 is 0 Å². The molecule has 4 heterocycles. The fourth-order valence-electron chi connectivity index (χ4n) is 2.69. The molecule has 108 valence electrons. The van der Waals surface area contributed by atoms with Gasteiger partial charge in [-0.15, -0.1) is 21.5 Å². The normalized spacial score (nSPS) is 14.5. The van der Waals surface area contributed by atoms with Gasteiger partial charge in [-0.1, -0.05) is 0 Å². The molecule has 0 fully saturated rings. The van der Waals surface area contributed by atoms with Gasteiger partial charge in [-0.25, -0.2) is 4.98 Å². The van der Waals surface area contributed by atoms with Crippen LogP contribution in [0.2, 0.25) is 0 Å². The van der Waals surface area contributed by atoms with E-state index in [0.717, 1.165) is 29.7 Å². The Morgan fingerprint density at radius 3 is 3.05 bits per heavy atom. The number of aryl methyl sites for hydroxylation is 1. The van der Waals surface area contributed by atoms with Crippen molar-refractivity contribution in [1.82, 2.24) is 24.9 Å². The molecule has 0 atom stereocenters. The number of nitrogens with zero attached hydrogens (tertiary/aromatic N) is 4. The van der Waals surface area contributed by atoms with Crippen LogP contribution < -0.4 is 5.32 Å². The van der Waals surface area contributed by atoms with Crippen LogP contribution in [0.5, 0.6) is 0 Å². The Morgan fingerprint density at radius 2 is 2.24 bits per heavy atom. The smallest absolute Gasteiger partial charge is 0.244 e. The van der Waals surface area contributed by atoms with Gasteiger partial charge in [-0.05, 0) is 25.5 Å². The van der Waals surface area contributed by atoms with Crippen molar-refractivity contribution in [2.75, 3.05) is 6.54 Å². The summed E-state index contributed by atoms with van der Waals surface area (Å²) in [5.41, 5.74) is 1.52. The molecule has 0 aromatic carbocycles. The van der Waals surface area contributed by atoms with Gasteiger partial charge in [0.2, 0.25) is 20.6 Å². The summed E-state index contributed by atoms with van der Waals surface area (Å²) in [7, 11) is -2.45. The number of hydrogen-bond donors (Lipinski definition) is 1. The highest BCUT2D eigenvalue weighted by molar-refractivity contribution is 7.63. The second-order valence-electron chi connectivity index (χ2n) is 4.85. The molecule has 3 aromatic rings. The molecule has 4 rings (SSSR count). The third-order valence-corrected chi connectivity index (χ3v) is 5.47. The van der Waals surface area contributed by atoms with Gasteiger partial charge in [0.1, 0.15) is 10.7 Å². The third kappa shape index (κ3) is 1.81. The van der Waals surface area contributed by atoms with E-state index in [0.29, 0.717) is 5.82 Å². The average molecular weight is 321 g/mol.